The number of likely N-dealkylation sites (tertiary alicyclic amines) is 2. The second kappa shape index (κ2) is 8.86. The van der Waals surface area contributed by atoms with Gasteiger partial charge in [0.2, 0.25) is 0 Å². The molecule has 1 aromatic heterocycles. The van der Waals surface area contributed by atoms with Crippen LogP contribution in [0.15, 0.2) is 36.5 Å². The zero-order chi connectivity index (χ0) is 20.2. The van der Waals surface area contributed by atoms with Crippen molar-refractivity contribution < 1.29 is 18.3 Å². The Morgan fingerprint density at radius 1 is 1.10 bits per heavy atom. The summed E-state index contributed by atoms with van der Waals surface area (Å²) in [5.41, 5.74) is 0.152. The third kappa shape index (κ3) is 4.56. The van der Waals surface area contributed by atoms with Crippen LogP contribution in [-0.2, 0) is 6.61 Å². The van der Waals surface area contributed by atoms with E-state index in [-0.39, 0.29) is 18.4 Å². The summed E-state index contributed by atoms with van der Waals surface area (Å²) in [6.07, 6.45) is 5.69. The molecule has 0 aliphatic carbocycles. The van der Waals surface area contributed by atoms with E-state index in [1.54, 1.807) is 23.2 Å². The van der Waals surface area contributed by atoms with Crippen molar-refractivity contribution in [3.8, 4) is 5.75 Å². The Balaban J connectivity index is 1.46. The lowest BCUT2D eigenvalue weighted by molar-refractivity contribution is 0.0698. The van der Waals surface area contributed by atoms with Crippen LogP contribution in [0.5, 0.6) is 5.75 Å². The zero-order valence-corrected chi connectivity index (χ0v) is 16.3. The summed E-state index contributed by atoms with van der Waals surface area (Å²) >= 11 is 0. The average Bonchev–Trinajstić information content (AvgIpc) is 3.39. The Morgan fingerprint density at radius 3 is 2.55 bits per heavy atom. The van der Waals surface area contributed by atoms with Crippen molar-refractivity contribution in [1.29, 1.82) is 0 Å². The summed E-state index contributed by atoms with van der Waals surface area (Å²) in [5, 5.41) is 0. The van der Waals surface area contributed by atoms with Gasteiger partial charge >= 0.3 is 0 Å². The van der Waals surface area contributed by atoms with Gasteiger partial charge in [-0.05, 0) is 50.9 Å². The molecule has 3 heterocycles. The van der Waals surface area contributed by atoms with Gasteiger partial charge in [0, 0.05) is 37.5 Å². The predicted octanol–water partition coefficient (Wildman–Crippen LogP) is 3.64. The standard InChI is InChI=1S/C22H25F2N3O2/c23-19-12-18(29-15-16-6-1-2-8-25-16)13-20(24)21(19)22(28)27-11-5-7-17(27)14-26-9-3-4-10-26/h1-2,6,8,12-13,17H,3-5,7,9-11,14-15H2/t17-/m0/s1. The van der Waals surface area contributed by atoms with Crippen molar-refractivity contribution in [3.63, 3.8) is 0 Å². The Bertz CT molecular complexity index is 833. The van der Waals surface area contributed by atoms with E-state index >= 15 is 0 Å². The van der Waals surface area contributed by atoms with Crippen molar-refractivity contribution >= 4 is 5.91 Å². The number of halogens is 2. The van der Waals surface area contributed by atoms with Crippen LogP contribution in [-0.4, -0.2) is 52.9 Å². The molecular formula is C22H25F2N3O2. The fraction of sp³-hybridized carbons (Fsp3) is 0.455. The Labute approximate surface area is 169 Å². The van der Waals surface area contributed by atoms with E-state index in [0.717, 1.165) is 44.6 Å². The number of rotatable bonds is 6. The molecule has 0 radical (unpaired) electrons. The molecule has 1 atom stereocenters. The van der Waals surface area contributed by atoms with E-state index in [0.29, 0.717) is 12.2 Å². The van der Waals surface area contributed by atoms with Gasteiger partial charge in [-0.2, -0.15) is 0 Å². The van der Waals surface area contributed by atoms with Crippen molar-refractivity contribution in [2.45, 2.75) is 38.3 Å². The molecule has 2 aliphatic heterocycles. The molecular weight excluding hydrogens is 376 g/mol. The minimum absolute atomic E-state index is 0.0134. The van der Waals surface area contributed by atoms with Crippen LogP contribution in [0.4, 0.5) is 8.78 Å². The smallest absolute Gasteiger partial charge is 0.260 e. The zero-order valence-electron chi connectivity index (χ0n) is 16.3. The van der Waals surface area contributed by atoms with E-state index < -0.39 is 23.1 Å². The minimum Gasteiger partial charge on any atom is -0.487 e. The van der Waals surface area contributed by atoms with E-state index in [4.69, 9.17) is 4.74 Å². The highest BCUT2D eigenvalue weighted by Gasteiger charge is 2.34. The molecule has 2 aromatic rings. The molecule has 4 rings (SSSR count). The normalized spacial score (nSPS) is 19.7. The molecule has 7 heteroatoms. The Morgan fingerprint density at radius 2 is 1.86 bits per heavy atom. The fourth-order valence-corrected chi connectivity index (χ4v) is 4.18. The molecule has 154 valence electrons. The molecule has 1 amide bonds. The predicted molar refractivity (Wildman–Crippen MR) is 105 cm³/mol. The van der Waals surface area contributed by atoms with Crippen molar-refractivity contribution in [2.75, 3.05) is 26.2 Å². The van der Waals surface area contributed by atoms with Gasteiger partial charge < -0.3 is 14.5 Å². The lowest BCUT2D eigenvalue weighted by atomic mass is 10.1. The van der Waals surface area contributed by atoms with Crippen molar-refractivity contribution in [2.24, 2.45) is 0 Å². The Kier molecular flexibility index (Phi) is 6.04. The largest absolute Gasteiger partial charge is 0.487 e. The van der Waals surface area contributed by atoms with E-state index in [9.17, 15) is 13.6 Å². The van der Waals surface area contributed by atoms with Crippen LogP contribution in [0.2, 0.25) is 0 Å². The summed E-state index contributed by atoms with van der Waals surface area (Å²) < 4.78 is 34.8. The summed E-state index contributed by atoms with van der Waals surface area (Å²) in [7, 11) is 0. The molecule has 2 saturated heterocycles. The number of hydrogen-bond donors (Lipinski definition) is 0. The van der Waals surface area contributed by atoms with Crippen molar-refractivity contribution in [3.05, 3.63) is 59.4 Å². The molecule has 0 saturated carbocycles. The van der Waals surface area contributed by atoms with Gasteiger partial charge in [-0.1, -0.05) is 6.07 Å². The first-order chi connectivity index (χ1) is 14.1. The molecule has 5 nitrogen and oxygen atoms in total. The monoisotopic (exact) mass is 401 g/mol. The quantitative estimate of drug-likeness (QED) is 0.742. The van der Waals surface area contributed by atoms with Crippen LogP contribution >= 0.6 is 0 Å². The number of nitrogens with zero attached hydrogens (tertiary/aromatic N) is 3. The van der Waals surface area contributed by atoms with Gasteiger partial charge in [-0.15, -0.1) is 0 Å². The first kappa shape index (κ1) is 19.8. The third-order valence-corrected chi connectivity index (χ3v) is 5.65. The van der Waals surface area contributed by atoms with E-state index in [1.807, 2.05) is 6.07 Å². The van der Waals surface area contributed by atoms with Crippen LogP contribution in [0, 0.1) is 11.6 Å². The highest BCUT2D eigenvalue weighted by Crippen LogP contribution is 2.27. The maximum atomic E-state index is 14.7. The molecule has 0 N–H and O–H groups in total. The van der Waals surface area contributed by atoms with Crippen LogP contribution < -0.4 is 4.74 Å². The molecule has 2 aliphatic rings. The summed E-state index contributed by atoms with van der Waals surface area (Å²) in [6.45, 7) is 3.47. The van der Waals surface area contributed by atoms with Gasteiger partial charge in [-0.3, -0.25) is 9.78 Å². The molecule has 0 spiro atoms. The molecule has 0 bridgehead atoms. The summed E-state index contributed by atoms with van der Waals surface area (Å²) in [6, 6.07) is 7.51. The maximum absolute atomic E-state index is 14.7. The highest BCUT2D eigenvalue weighted by molar-refractivity contribution is 5.95. The second-order valence-corrected chi connectivity index (χ2v) is 7.67. The number of carbonyl (C=O) groups is 1. The maximum Gasteiger partial charge on any atom is 0.260 e. The topological polar surface area (TPSA) is 45.7 Å². The van der Waals surface area contributed by atoms with Crippen molar-refractivity contribution in [1.82, 2.24) is 14.8 Å². The summed E-state index contributed by atoms with van der Waals surface area (Å²) in [4.78, 5) is 21.0. The summed E-state index contributed by atoms with van der Waals surface area (Å²) in [5.74, 6) is -2.31. The van der Waals surface area contributed by atoms with Gasteiger partial charge in [-0.25, -0.2) is 8.78 Å². The molecule has 29 heavy (non-hydrogen) atoms. The first-order valence-electron chi connectivity index (χ1n) is 10.2. The molecule has 1 aromatic carbocycles. The highest BCUT2D eigenvalue weighted by atomic mass is 19.1. The SMILES string of the molecule is O=C(c1c(F)cc(OCc2ccccn2)cc1F)N1CCC[C@H]1CN1CCCC1. The first-order valence-corrected chi connectivity index (χ1v) is 10.2. The van der Waals surface area contributed by atoms with Crippen LogP contribution in [0.1, 0.15) is 41.7 Å². The van der Waals surface area contributed by atoms with Gasteiger partial charge in [0.05, 0.1) is 5.69 Å². The fourth-order valence-electron chi connectivity index (χ4n) is 4.18. The number of pyridine rings is 1. The number of ether oxygens (including phenoxy) is 1. The number of aromatic nitrogens is 1. The third-order valence-electron chi connectivity index (χ3n) is 5.65. The number of carbonyl (C=O) groups excluding carboxylic acids is 1. The molecule has 0 unspecified atom stereocenters. The lowest BCUT2D eigenvalue weighted by Gasteiger charge is -2.28. The average molecular weight is 401 g/mol. The van der Waals surface area contributed by atoms with Gasteiger partial charge in [0.25, 0.3) is 5.91 Å². The second-order valence-electron chi connectivity index (χ2n) is 7.67. The minimum atomic E-state index is -0.891. The Hall–Kier alpha value is -2.54. The van der Waals surface area contributed by atoms with E-state index in [2.05, 4.69) is 9.88 Å². The number of amides is 1. The number of benzene rings is 1. The van der Waals surface area contributed by atoms with Gasteiger partial charge in [0.15, 0.2) is 0 Å². The van der Waals surface area contributed by atoms with Crippen LogP contribution in [0.25, 0.3) is 0 Å². The lowest BCUT2D eigenvalue weighted by Crippen LogP contribution is -2.43. The van der Waals surface area contributed by atoms with Gasteiger partial charge in [0.1, 0.15) is 29.6 Å². The molecule has 2 fully saturated rings. The number of hydrogen-bond acceptors (Lipinski definition) is 4. The van der Waals surface area contributed by atoms with Crippen LogP contribution in [0.3, 0.4) is 0 Å². The van der Waals surface area contributed by atoms with E-state index in [1.165, 1.54) is 12.8 Å².